The summed E-state index contributed by atoms with van der Waals surface area (Å²) in [6.07, 6.45) is 0.966. The second kappa shape index (κ2) is 11.0. The molecule has 46 heavy (non-hydrogen) atoms. The summed E-state index contributed by atoms with van der Waals surface area (Å²) in [5.41, 5.74) is -4.66. The highest BCUT2D eigenvalue weighted by Gasteiger charge is 2.75. The summed E-state index contributed by atoms with van der Waals surface area (Å²) in [5.74, 6) is -1.54. The average Bonchev–Trinajstić information content (AvgIpc) is 2.96. The van der Waals surface area contributed by atoms with Gasteiger partial charge in [-0.25, -0.2) is 4.79 Å². The first-order valence-electron chi connectivity index (χ1n) is 17.5. The van der Waals surface area contributed by atoms with Gasteiger partial charge in [0.15, 0.2) is 0 Å². The van der Waals surface area contributed by atoms with E-state index in [-0.39, 0.29) is 29.3 Å². The third-order valence-electron chi connectivity index (χ3n) is 15.2. The summed E-state index contributed by atoms with van der Waals surface area (Å²) >= 11 is 0. The van der Waals surface area contributed by atoms with E-state index in [1.165, 1.54) is 13.8 Å². The van der Waals surface area contributed by atoms with Gasteiger partial charge in [0.2, 0.25) is 5.60 Å². The Balaban J connectivity index is 1.64. The Kier molecular flexibility index (Phi) is 8.55. The Bertz CT molecular complexity index is 1280. The fourth-order valence-corrected chi connectivity index (χ4v) is 11.9. The number of rotatable bonds is 5. The lowest BCUT2D eigenvalue weighted by Crippen LogP contribution is -2.76. The van der Waals surface area contributed by atoms with Gasteiger partial charge < -0.3 is 35.0 Å². The van der Waals surface area contributed by atoms with E-state index in [0.29, 0.717) is 12.3 Å². The summed E-state index contributed by atoms with van der Waals surface area (Å²) in [7, 11) is 0. The molecular weight excluding hydrogens is 588 g/mol. The Hall–Kier alpha value is -1.52. The number of allylic oxidation sites excluding steroid dienone is 1. The standard InChI is InChI=1S/C37H60O9/c1-11-35(9,46-20(2)39)30(44)45-29-28(43)31(3,4)18-22-21-12-13-24-33(7)16-15-25(40)32(5,6)23(33)14-17-34(24,8)36(21,10)26(41)27(42)37(22,29)19-38/h12,22-29,38,40-43H,11,13-19H2,1-10H3. The molecule has 4 saturated carbocycles. The first kappa shape index (κ1) is 35.8. The molecule has 5 aliphatic carbocycles. The number of esters is 2. The van der Waals surface area contributed by atoms with Gasteiger partial charge >= 0.3 is 11.9 Å². The molecule has 0 amide bonds. The van der Waals surface area contributed by atoms with Crippen molar-refractivity contribution < 1.29 is 44.6 Å². The molecule has 9 nitrogen and oxygen atoms in total. The number of aliphatic hydroxyl groups excluding tert-OH is 5. The van der Waals surface area contributed by atoms with Crippen LogP contribution in [0.1, 0.15) is 114 Å². The van der Waals surface area contributed by atoms with Crippen molar-refractivity contribution in [3.8, 4) is 0 Å². The predicted molar refractivity (Wildman–Crippen MR) is 172 cm³/mol. The van der Waals surface area contributed by atoms with Crippen molar-refractivity contribution in [3.63, 3.8) is 0 Å². The molecule has 13 unspecified atom stereocenters. The molecule has 0 radical (unpaired) electrons. The maximum absolute atomic E-state index is 13.7. The number of hydrogen-bond acceptors (Lipinski definition) is 9. The van der Waals surface area contributed by atoms with E-state index < -0.39 is 76.1 Å². The number of carbonyl (C=O) groups excluding carboxylic acids is 2. The van der Waals surface area contributed by atoms with Crippen LogP contribution in [0.15, 0.2) is 11.6 Å². The lowest BCUT2D eigenvalue weighted by molar-refractivity contribution is -0.293. The van der Waals surface area contributed by atoms with Crippen molar-refractivity contribution in [3.05, 3.63) is 11.6 Å². The number of fused-ring (bicyclic) bond motifs is 7. The van der Waals surface area contributed by atoms with Crippen LogP contribution in [-0.4, -0.2) is 80.2 Å². The monoisotopic (exact) mass is 648 g/mol. The molecule has 5 rings (SSSR count). The molecule has 0 saturated heterocycles. The van der Waals surface area contributed by atoms with Crippen LogP contribution in [0.4, 0.5) is 0 Å². The largest absolute Gasteiger partial charge is 0.456 e. The van der Waals surface area contributed by atoms with Crippen LogP contribution in [0.25, 0.3) is 0 Å². The fraction of sp³-hybridized carbons (Fsp3) is 0.892. The van der Waals surface area contributed by atoms with E-state index in [1.54, 1.807) is 6.92 Å². The van der Waals surface area contributed by atoms with E-state index in [1.807, 2.05) is 13.8 Å². The van der Waals surface area contributed by atoms with E-state index in [2.05, 4.69) is 40.7 Å². The van der Waals surface area contributed by atoms with Crippen LogP contribution < -0.4 is 0 Å². The maximum Gasteiger partial charge on any atom is 0.350 e. The van der Waals surface area contributed by atoms with Crippen LogP contribution in [0.5, 0.6) is 0 Å². The molecular formula is C37H60O9. The van der Waals surface area contributed by atoms with Gasteiger partial charge in [-0.3, -0.25) is 4.79 Å². The van der Waals surface area contributed by atoms with Gasteiger partial charge in [0.05, 0.1) is 36.4 Å². The minimum absolute atomic E-state index is 0.0849. The molecule has 9 heteroatoms. The van der Waals surface area contributed by atoms with Crippen molar-refractivity contribution in [2.24, 2.45) is 50.2 Å². The van der Waals surface area contributed by atoms with Gasteiger partial charge in [-0.1, -0.05) is 67.0 Å². The number of aliphatic hydroxyl groups is 5. The van der Waals surface area contributed by atoms with Crippen LogP contribution in [-0.2, 0) is 19.1 Å². The Morgan fingerprint density at radius 2 is 1.57 bits per heavy atom. The normalized spacial score (nSPS) is 48.7. The first-order chi connectivity index (χ1) is 21.1. The van der Waals surface area contributed by atoms with Crippen LogP contribution in [0.3, 0.4) is 0 Å². The van der Waals surface area contributed by atoms with Gasteiger partial charge in [-0.05, 0) is 91.3 Å². The zero-order valence-electron chi connectivity index (χ0n) is 29.7. The Labute approximate surface area is 275 Å². The molecule has 5 aliphatic rings. The molecule has 0 aromatic carbocycles. The van der Waals surface area contributed by atoms with Gasteiger partial charge in [-0.2, -0.15) is 0 Å². The Morgan fingerprint density at radius 1 is 0.935 bits per heavy atom. The van der Waals surface area contributed by atoms with Crippen molar-refractivity contribution in [2.75, 3.05) is 6.61 Å². The smallest absolute Gasteiger partial charge is 0.350 e. The van der Waals surface area contributed by atoms with Gasteiger partial charge in [-0.15, -0.1) is 0 Å². The van der Waals surface area contributed by atoms with Crippen LogP contribution in [0.2, 0.25) is 0 Å². The molecule has 0 aliphatic heterocycles. The quantitative estimate of drug-likeness (QED) is 0.217. The molecule has 0 aromatic rings. The molecule has 13 atom stereocenters. The van der Waals surface area contributed by atoms with Crippen molar-refractivity contribution in [1.29, 1.82) is 0 Å². The zero-order valence-corrected chi connectivity index (χ0v) is 29.7. The highest BCUT2D eigenvalue weighted by Crippen LogP contribution is 2.75. The molecule has 0 aromatic heterocycles. The van der Waals surface area contributed by atoms with Gasteiger partial charge in [0.25, 0.3) is 0 Å². The highest BCUT2D eigenvalue weighted by atomic mass is 16.6. The third kappa shape index (κ3) is 4.43. The van der Waals surface area contributed by atoms with Crippen molar-refractivity contribution in [1.82, 2.24) is 0 Å². The molecule has 0 bridgehead atoms. The van der Waals surface area contributed by atoms with E-state index in [0.717, 1.165) is 37.7 Å². The summed E-state index contributed by atoms with van der Waals surface area (Å²) < 4.78 is 11.5. The van der Waals surface area contributed by atoms with Crippen LogP contribution >= 0.6 is 0 Å². The number of hydrogen-bond donors (Lipinski definition) is 5. The second-order valence-electron chi connectivity index (χ2n) is 17.9. The van der Waals surface area contributed by atoms with Crippen LogP contribution in [0, 0.1) is 50.2 Å². The summed E-state index contributed by atoms with van der Waals surface area (Å²) in [6.45, 7) is 18.6. The predicted octanol–water partition coefficient (Wildman–Crippen LogP) is 4.31. The average molecular weight is 649 g/mol. The molecule has 0 spiro atoms. The highest BCUT2D eigenvalue weighted by molar-refractivity contribution is 5.82. The van der Waals surface area contributed by atoms with Gasteiger partial charge in [0, 0.05) is 12.3 Å². The fourth-order valence-electron chi connectivity index (χ4n) is 11.9. The lowest BCUT2D eigenvalue weighted by Gasteiger charge is -2.73. The van der Waals surface area contributed by atoms with E-state index >= 15 is 0 Å². The minimum atomic E-state index is -1.63. The summed E-state index contributed by atoms with van der Waals surface area (Å²) in [6, 6.07) is 0. The second-order valence-corrected chi connectivity index (χ2v) is 17.9. The number of ether oxygens (including phenoxy) is 2. The molecule has 0 heterocycles. The summed E-state index contributed by atoms with van der Waals surface area (Å²) in [5, 5.41) is 58.9. The van der Waals surface area contributed by atoms with E-state index in [9.17, 15) is 35.1 Å². The Morgan fingerprint density at radius 3 is 2.13 bits per heavy atom. The van der Waals surface area contributed by atoms with E-state index in [4.69, 9.17) is 9.47 Å². The third-order valence-corrected chi connectivity index (χ3v) is 15.2. The first-order valence-corrected chi connectivity index (χ1v) is 17.5. The topological polar surface area (TPSA) is 154 Å². The SMILES string of the molecule is CCC(C)(OC(C)=O)C(=O)OC1C(O)C(C)(C)CC2C3=CCC4C5(C)CCC(O)C(C)(C)C5CCC4(C)C3(C)C(O)C(O)C21CO. The maximum atomic E-state index is 13.7. The number of carbonyl (C=O) groups is 2. The lowest BCUT2D eigenvalue weighted by atomic mass is 9.32. The molecule has 262 valence electrons. The van der Waals surface area contributed by atoms with Gasteiger partial charge in [0.1, 0.15) is 6.10 Å². The molecule has 4 fully saturated rings. The minimum Gasteiger partial charge on any atom is -0.456 e. The summed E-state index contributed by atoms with van der Waals surface area (Å²) in [4.78, 5) is 25.7. The van der Waals surface area contributed by atoms with Crippen molar-refractivity contribution >= 4 is 11.9 Å². The molecule has 5 N–H and O–H groups in total. The zero-order chi connectivity index (χ0) is 34.6. The van der Waals surface area contributed by atoms with Crippen molar-refractivity contribution in [2.45, 2.75) is 150 Å².